The molecule has 0 fully saturated rings. The number of carbonyl (C=O) groups is 1. The lowest BCUT2D eigenvalue weighted by atomic mass is 10.0. The van der Waals surface area contributed by atoms with Crippen LogP contribution in [-0.4, -0.2) is 30.6 Å². The first-order valence-electron chi connectivity index (χ1n) is 10.0. The quantitative estimate of drug-likeness (QED) is 0.254. The highest BCUT2D eigenvalue weighted by molar-refractivity contribution is 9.11. The molecule has 0 aliphatic heterocycles. The number of anilines is 1. The van der Waals surface area contributed by atoms with Gasteiger partial charge in [-0.3, -0.25) is 14.9 Å². The van der Waals surface area contributed by atoms with Gasteiger partial charge in [-0.1, -0.05) is 61.7 Å². The predicted octanol–water partition coefficient (Wildman–Crippen LogP) is 5.82. The molecule has 11 heteroatoms. The minimum absolute atomic E-state index is 0.0183. The second-order valence-corrected chi connectivity index (χ2v) is 11.4. The lowest BCUT2D eigenvalue weighted by molar-refractivity contribution is -0.384. The summed E-state index contributed by atoms with van der Waals surface area (Å²) in [4.78, 5) is 23.6. The molecule has 3 rings (SSSR count). The minimum atomic E-state index is -4.04. The first-order chi connectivity index (χ1) is 16.0. The molecule has 0 spiro atoms. The molecule has 178 valence electrons. The second-order valence-electron chi connectivity index (χ2n) is 7.59. The van der Waals surface area contributed by atoms with Gasteiger partial charge in [-0.25, -0.2) is 12.7 Å². The van der Waals surface area contributed by atoms with Gasteiger partial charge < -0.3 is 5.32 Å². The highest BCUT2D eigenvalue weighted by Crippen LogP contribution is 2.30. The maximum absolute atomic E-state index is 13.1. The summed E-state index contributed by atoms with van der Waals surface area (Å²) >= 11 is 6.83. The van der Waals surface area contributed by atoms with Crippen LogP contribution in [-0.2, 0) is 14.8 Å². The van der Waals surface area contributed by atoms with E-state index in [0.29, 0.717) is 11.3 Å². The van der Waals surface area contributed by atoms with Crippen LogP contribution < -0.4 is 5.32 Å². The lowest BCUT2D eigenvalue weighted by Crippen LogP contribution is -2.35. The Morgan fingerprint density at radius 2 is 1.59 bits per heavy atom. The third kappa shape index (κ3) is 6.22. The summed E-state index contributed by atoms with van der Waals surface area (Å²) in [6, 6.07) is 16.8. The average molecular weight is 611 g/mol. The largest absolute Gasteiger partial charge is 0.378 e. The Bertz CT molecular complexity index is 1290. The Morgan fingerprint density at radius 1 is 1.03 bits per heavy atom. The van der Waals surface area contributed by atoms with Crippen molar-refractivity contribution in [2.24, 2.45) is 0 Å². The van der Waals surface area contributed by atoms with Gasteiger partial charge in [0, 0.05) is 33.8 Å². The number of rotatable bonds is 8. The monoisotopic (exact) mass is 609 g/mol. The molecule has 0 aliphatic rings. The van der Waals surface area contributed by atoms with Gasteiger partial charge in [0.25, 0.3) is 15.7 Å². The topological polar surface area (TPSA) is 110 Å². The van der Waals surface area contributed by atoms with E-state index >= 15 is 0 Å². The number of nitrogens with one attached hydrogen (secondary N) is 1. The number of carbonyl (C=O) groups excluding carboxylic acids is 1. The van der Waals surface area contributed by atoms with Crippen molar-refractivity contribution in [2.45, 2.75) is 24.3 Å². The van der Waals surface area contributed by atoms with Gasteiger partial charge in [0.1, 0.15) is 0 Å². The first kappa shape index (κ1) is 25.9. The van der Waals surface area contributed by atoms with Gasteiger partial charge in [-0.05, 0) is 42.8 Å². The molecule has 8 nitrogen and oxygen atoms in total. The summed E-state index contributed by atoms with van der Waals surface area (Å²) in [5.41, 5.74) is 2.08. The number of halogens is 2. The van der Waals surface area contributed by atoms with E-state index in [-0.39, 0.29) is 17.0 Å². The lowest BCUT2D eigenvalue weighted by Gasteiger charge is -2.24. The number of amides is 1. The highest BCUT2D eigenvalue weighted by atomic mass is 79.9. The van der Waals surface area contributed by atoms with Crippen molar-refractivity contribution in [2.75, 3.05) is 12.4 Å². The molecule has 3 aromatic carbocycles. The zero-order chi connectivity index (χ0) is 25.0. The maximum atomic E-state index is 13.1. The summed E-state index contributed by atoms with van der Waals surface area (Å²) < 4.78 is 28.2. The fourth-order valence-electron chi connectivity index (χ4n) is 3.22. The van der Waals surface area contributed by atoms with Crippen LogP contribution in [0.25, 0.3) is 0 Å². The number of nitrogens with zero attached hydrogens (tertiary/aromatic N) is 2. The van der Waals surface area contributed by atoms with Gasteiger partial charge in [0.15, 0.2) is 0 Å². The van der Waals surface area contributed by atoms with Crippen LogP contribution in [0.5, 0.6) is 0 Å². The number of aryl methyl sites for hydroxylation is 1. The predicted molar refractivity (Wildman–Crippen MR) is 137 cm³/mol. The Kier molecular flexibility index (Phi) is 8.11. The summed E-state index contributed by atoms with van der Waals surface area (Å²) in [6.45, 7) is 1.84. The molecule has 1 N–H and O–H groups in total. The third-order valence-electron chi connectivity index (χ3n) is 5.12. The molecule has 0 unspecified atom stereocenters. The van der Waals surface area contributed by atoms with E-state index in [4.69, 9.17) is 0 Å². The van der Waals surface area contributed by atoms with Crippen LogP contribution in [0.15, 0.2) is 80.6 Å². The summed E-state index contributed by atoms with van der Waals surface area (Å²) in [5, 5.41) is 14.3. The minimum Gasteiger partial charge on any atom is -0.378 e. The van der Waals surface area contributed by atoms with E-state index in [2.05, 4.69) is 37.2 Å². The van der Waals surface area contributed by atoms with Crippen molar-refractivity contribution in [1.82, 2.24) is 4.31 Å². The van der Waals surface area contributed by atoms with Crippen LogP contribution in [0.1, 0.15) is 23.6 Å². The van der Waals surface area contributed by atoms with E-state index in [1.807, 2.05) is 13.0 Å². The van der Waals surface area contributed by atoms with Crippen molar-refractivity contribution >= 4 is 59.2 Å². The van der Waals surface area contributed by atoms with E-state index in [0.717, 1.165) is 18.8 Å². The molecular weight excluding hydrogens is 590 g/mol. The van der Waals surface area contributed by atoms with Crippen LogP contribution >= 0.6 is 31.9 Å². The van der Waals surface area contributed by atoms with Gasteiger partial charge >= 0.3 is 0 Å². The average Bonchev–Trinajstić information content (AvgIpc) is 2.77. The molecule has 0 saturated carbocycles. The van der Waals surface area contributed by atoms with Gasteiger partial charge in [0.05, 0.1) is 22.3 Å². The molecule has 1 atom stereocenters. The Balaban J connectivity index is 1.91. The number of hydrogen-bond donors (Lipinski definition) is 1. The molecule has 0 radical (unpaired) electrons. The van der Waals surface area contributed by atoms with Crippen LogP contribution in [0.3, 0.4) is 0 Å². The Hall–Kier alpha value is -2.76. The maximum Gasteiger partial charge on any atom is 0.269 e. The first-order valence-corrected chi connectivity index (χ1v) is 13.1. The number of non-ortho nitro benzene ring substituents is 1. The standard InChI is InChI=1S/C23H21Br2N3O5S/c1-15-3-9-21(10-4-15)34(32,33)27(2)23(29)14-22(16-5-7-20(8-6-16)28(30)31)26-19-12-17(24)11-18(25)13-19/h3-13,22,26H,14H2,1-2H3/t22-/m0/s1. The zero-order valence-corrected chi connectivity index (χ0v) is 22.2. The Labute approximate surface area is 214 Å². The van der Waals surface area contributed by atoms with E-state index in [1.165, 1.54) is 31.3 Å². The fourth-order valence-corrected chi connectivity index (χ4v) is 5.66. The molecule has 34 heavy (non-hydrogen) atoms. The molecule has 0 aromatic heterocycles. The summed E-state index contributed by atoms with van der Waals surface area (Å²) in [7, 11) is -2.81. The zero-order valence-electron chi connectivity index (χ0n) is 18.2. The SMILES string of the molecule is Cc1ccc(S(=O)(=O)N(C)C(=O)C[C@H](Nc2cc(Br)cc(Br)c2)c2ccc([N+](=O)[O-])cc2)cc1. The van der Waals surface area contributed by atoms with Gasteiger partial charge in [0.2, 0.25) is 5.91 Å². The van der Waals surface area contributed by atoms with Crippen LogP contribution in [0.4, 0.5) is 11.4 Å². The number of hydrogen-bond acceptors (Lipinski definition) is 6. The number of sulfonamides is 1. The van der Waals surface area contributed by atoms with Crippen molar-refractivity contribution in [3.05, 3.63) is 96.9 Å². The van der Waals surface area contributed by atoms with Crippen LogP contribution in [0, 0.1) is 17.0 Å². The summed E-state index contributed by atoms with van der Waals surface area (Å²) in [5.74, 6) is -0.634. The van der Waals surface area contributed by atoms with Crippen molar-refractivity contribution < 1.29 is 18.1 Å². The molecule has 0 aliphatic carbocycles. The molecule has 0 heterocycles. The molecule has 3 aromatic rings. The second kappa shape index (κ2) is 10.7. The van der Waals surface area contributed by atoms with Crippen molar-refractivity contribution in [3.63, 3.8) is 0 Å². The van der Waals surface area contributed by atoms with E-state index in [1.54, 1.807) is 36.4 Å². The number of benzene rings is 3. The number of nitro benzene ring substituents is 1. The van der Waals surface area contributed by atoms with E-state index < -0.39 is 26.9 Å². The normalized spacial score (nSPS) is 12.1. The number of nitro groups is 1. The van der Waals surface area contributed by atoms with E-state index in [9.17, 15) is 23.3 Å². The molecule has 0 bridgehead atoms. The molecule has 1 amide bonds. The third-order valence-corrected chi connectivity index (χ3v) is 7.83. The van der Waals surface area contributed by atoms with Crippen molar-refractivity contribution in [3.8, 4) is 0 Å². The molecular formula is C23H21Br2N3O5S. The highest BCUT2D eigenvalue weighted by Gasteiger charge is 2.28. The molecule has 0 saturated heterocycles. The smallest absolute Gasteiger partial charge is 0.269 e. The summed E-state index contributed by atoms with van der Waals surface area (Å²) in [6.07, 6.45) is -0.205. The fraction of sp³-hybridized carbons (Fsp3) is 0.174. The van der Waals surface area contributed by atoms with Gasteiger partial charge in [-0.2, -0.15) is 0 Å². The van der Waals surface area contributed by atoms with Crippen molar-refractivity contribution in [1.29, 1.82) is 0 Å². The Morgan fingerprint density at radius 3 is 2.12 bits per heavy atom. The van der Waals surface area contributed by atoms with Crippen LogP contribution in [0.2, 0.25) is 0 Å². The van der Waals surface area contributed by atoms with Gasteiger partial charge in [-0.15, -0.1) is 0 Å².